The van der Waals surface area contributed by atoms with Crippen LogP contribution in [0.1, 0.15) is 39.2 Å². The van der Waals surface area contributed by atoms with E-state index in [0.29, 0.717) is 0 Å². The molecule has 0 spiro atoms. The first kappa shape index (κ1) is 12.4. The molecule has 0 heterocycles. The number of rotatable bonds is 3. The predicted molar refractivity (Wildman–Crippen MR) is 74.2 cm³/mol. The van der Waals surface area contributed by atoms with Gasteiger partial charge in [-0.15, -0.1) is 0 Å². The Bertz CT molecular complexity index is 376. The van der Waals surface area contributed by atoms with E-state index in [9.17, 15) is 0 Å². The number of nitrogens with one attached hydrogen (secondary N) is 1. The lowest BCUT2D eigenvalue weighted by Crippen LogP contribution is -2.45. The van der Waals surface area contributed by atoms with Crippen molar-refractivity contribution < 1.29 is 0 Å². The zero-order valence-corrected chi connectivity index (χ0v) is 11.2. The van der Waals surface area contributed by atoms with Crippen LogP contribution in [0.2, 0.25) is 0 Å². The minimum atomic E-state index is 0.185. The van der Waals surface area contributed by atoms with Crippen LogP contribution in [0.4, 0.5) is 0 Å². The van der Waals surface area contributed by atoms with Crippen LogP contribution in [0.5, 0.6) is 0 Å². The molecule has 1 nitrogen and oxygen atoms in total. The van der Waals surface area contributed by atoms with E-state index in [1.807, 2.05) is 0 Å². The highest BCUT2D eigenvalue weighted by molar-refractivity contribution is 5.31. The van der Waals surface area contributed by atoms with Gasteiger partial charge in [0.15, 0.2) is 0 Å². The van der Waals surface area contributed by atoms with Gasteiger partial charge in [0.05, 0.1) is 0 Å². The molecular formula is C16H23N. The maximum atomic E-state index is 3.66. The Morgan fingerprint density at radius 3 is 2.18 bits per heavy atom. The van der Waals surface area contributed by atoms with Gasteiger partial charge in [0.25, 0.3) is 0 Å². The van der Waals surface area contributed by atoms with Gasteiger partial charge in [0, 0.05) is 17.5 Å². The van der Waals surface area contributed by atoms with Crippen LogP contribution in [0.3, 0.4) is 0 Å². The van der Waals surface area contributed by atoms with Crippen LogP contribution in [0, 0.1) is 0 Å². The molecule has 0 aromatic heterocycles. The fourth-order valence-corrected chi connectivity index (χ4v) is 2.41. The second kappa shape index (κ2) is 4.66. The molecule has 92 valence electrons. The summed E-state index contributed by atoms with van der Waals surface area (Å²) in [6.07, 6.45) is 6.94. The molecule has 0 atom stereocenters. The Kier molecular flexibility index (Phi) is 3.39. The first-order valence-electron chi connectivity index (χ1n) is 6.47. The highest BCUT2D eigenvalue weighted by Gasteiger charge is 2.33. The van der Waals surface area contributed by atoms with E-state index in [-0.39, 0.29) is 11.0 Å². The largest absolute Gasteiger partial charge is 0.311 e. The Hall–Kier alpha value is -1.08. The zero-order chi connectivity index (χ0) is 12.4. The molecule has 0 radical (unpaired) electrons. The van der Waals surface area contributed by atoms with Crippen molar-refractivity contribution in [3.05, 3.63) is 48.0 Å². The van der Waals surface area contributed by atoms with Gasteiger partial charge in [-0.2, -0.15) is 0 Å². The number of hydrogen-bond donors (Lipinski definition) is 1. The van der Waals surface area contributed by atoms with Gasteiger partial charge in [-0.1, -0.05) is 42.5 Å². The first-order chi connectivity index (χ1) is 8.02. The van der Waals surface area contributed by atoms with Gasteiger partial charge in [0.1, 0.15) is 0 Å². The fourth-order valence-electron chi connectivity index (χ4n) is 2.41. The van der Waals surface area contributed by atoms with E-state index < -0.39 is 0 Å². The van der Waals surface area contributed by atoms with Gasteiger partial charge >= 0.3 is 0 Å². The van der Waals surface area contributed by atoms with E-state index in [1.54, 1.807) is 0 Å². The summed E-state index contributed by atoms with van der Waals surface area (Å²) in [4.78, 5) is 0. The predicted octanol–water partition coefficient (Wildman–Crippen LogP) is 3.66. The molecule has 1 aliphatic rings. The Labute approximate surface area is 105 Å². The summed E-state index contributed by atoms with van der Waals surface area (Å²) in [6.45, 7) is 7.74. The second-order valence-electron chi connectivity index (χ2n) is 6.13. The highest BCUT2D eigenvalue weighted by Crippen LogP contribution is 2.36. The average Bonchev–Trinajstić information content (AvgIpc) is 2.77. The lowest BCUT2D eigenvalue weighted by molar-refractivity contribution is 0.340. The molecule has 0 fully saturated rings. The highest BCUT2D eigenvalue weighted by atomic mass is 15.0. The SMILES string of the molecule is CC(C)(C)NCC1(c2ccccc2)CC=CC1. The first-order valence-corrected chi connectivity index (χ1v) is 6.47. The number of hydrogen-bond acceptors (Lipinski definition) is 1. The Balaban J connectivity index is 2.17. The fraction of sp³-hybridized carbons (Fsp3) is 0.500. The van der Waals surface area contributed by atoms with E-state index in [0.717, 1.165) is 19.4 Å². The molecule has 0 saturated carbocycles. The number of benzene rings is 1. The summed E-state index contributed by atoms with van der Waals surface area (Å²) in [6, 6.07) is 10.9. The van der Waals surface area contributed by atoms with Crippen molar-refractivity contribution in [3.63, 3.8) is 0 Å². The van der Waals surface area contributed by atoms with Gasteiger partial charge in [-0.3, -0.25) is 0 Å². The van der Waals surface area contributed by atoms with Crippen LogP contribution in [0.15, 0.2) is 42.5 Å². The molecule has 2 rings (SSSR count). The van der Waals surface area contributed by atoms with Crippen LogP contribution < -0.4 is 5.32 Å². The van der Waals surface area contributed by atoms with E-state index in [2.05, 4.69) is 68.6 Å². The molecule has 1 aromatic rings. The maximum Gasteiger partial charge on any atom is 0.0147 e. The summed E-state index contributed by atoms with van der Waals surface area (Å²) in [7, 11) is 0. The van der Waals surface area contributed by atoms with Gasteiger partial charge in [-0.25, -0.2) is 0 Å². The summed E-state index contributed by atoms with van der Waals surface area (Å²) >= 11 is 0. The third kappa shape index (κ3) is 2.98. The van der Waals surface area contributed by atoms with Crippen molar-refractivity contribution in [1.82, 2.24) is 5.32 Å². The van der Waals surface area contributed by atoms with Crippen molar-refractivity contribution in [2.24, 2.45) is 0 Å². The summed E-state index contributed by atoms with van der Waals surface area (Å²) in [5.74, 6) is 0. The Morgan fingerprint density at radius 2 is 1.65 bits per heavy atom. The molecule has 1 aromatic carbocycles. The zero-order valence-electron chi connectivity index (χ0n) is 11.2. The van der Waals surface area contributed by atoms with E-state index in [1.165, 1.54) is 5.56 Å². The van der Waals surface area contributed by atoms with Crippen molar-refractivity contribution in [2.75, 3.05) is 6.54 Å². The Morgan fingerprint density at radius 1 is 1.06 bits per heavy atom. The van der Waals surface area contributed by atoms with Crippen LogP contribution in [-0.2, 0) is 5.41 Å². The quantitative estimate of drug-likeness (QED) is 0.780. The maximum absolute atomic E-state index is 3.66. The average molecular weight is 229 g/mol. The molecule has 0 amide bonds. The van der Waals surface area contributed by atoms with Gasteiger partial charge in [-0.05, 0) is 39.2 Å². The lowest BCUT2D eigenvalue weighted by atomic mass is 9.77. The molecular weight excluding hydrogens is 206 g/mol. The number of allylic oxidation sites excluding steroid dienone is 2. The molecule has 0 saturated heterocycles. The topological polar surface area (TPSA) is 12.0 Å². The normalized spacial score (nSPS) is 18.5. The molecule has 1 aliphatic carbocycles. The van der Waals surface area contributed by atoms with Crippen molar-refractivity contribution in [2.45, 2.75) is 44.6 Å². The summed E-state index contributed by atoms with van der Waals surface area (Å²) < 4.78 is 0. The molecule has 0 bridgehead atoms. The van der Waals surface area contributed by atoms with Crippen LogP contribution >= 0.6 is 0 Å². The molecule has 1 N–H and O–H groups in total. The van der Waals surface area contributed by atoms with Crippen molar-refractivity contribution in [3.8, 4) is 0 Å². The van der Waals surface area contributed by atoms with Crippen LogP contribution in [0.25, 0.3) is 0 Å². The second-order valence-corrected chi connectivity index (χ2v) is 6.13. The third-order valence-electron chi connectivity index (χ3n) is 3.53. The van der Waals surface area contributed by atoms with Crippen LogP contribution in [-0.4, -0.2) is 12.1 Å². The van der Waals surface area contributed by atoms with Gasteiger partial charge in [0.2, 0.25) is 0 Å². The summed E-state index contributed by atoms with van der Waals surface area (Å²) in [5.41, 5.74) is 1.92. The molecule has 0 aliphatic heterocycles. The standard InChI is InChI=1S/C16H23N/c1-15(2,3)17-13-16(11-7-8-12-16)14-9-5-4-6-10-14/h4-10,17H,11-13H2,1-3H3. The van der Waals surface area contributed by atoms with Gasteiger partial charge < -0.3 is 5.32 Å². The van der Waals surface area contributed by atoms with Crippen molar-refractivity contribution >= 4 is 0 Å². The van der Waals surface area contributed by atoms with E-state index in [4.69, 9.17) is 0 Å². The third-order valence-corrected chi connectivity index (χ3v) is 3.53. The van der Waals surface area contributed by atoms with E-state index >= 15 is 0 Å². The monoisotopic (exact) mass is 229 g/mol. The van der Waals surface area contributed by atoms with Crippen molar-refractivity contribution in [1.29, 1.82) is 0 Å². The minimum absolute atomic E-state index is 0.185. The molecule has 1 heteroatoms. The molecule has 17 heavy (non-hydrogen) atoms. The summed E-state index contributed by atoms with van der Waals surface area (Å²) in [5, 5.41) is 3.66. The minimum Gasteiger partial charge on any atom is -0.311 e. The smallest absolute Gasteiger partial charge is 0.0147 e. The molecule has 0 unspecified atom stereocenters. The lowest BCUT2D eigenvalue weighted by Gasteiger charge is -2.34.